The van der Waals surface area contributed by atoms with Crippen molar-refractivity contribution in [1.29, 1.82) is 0 Å². The largest absolute Gasteiger partial charge is 0.399 e. The lowest BCUT2D eigenvalue weighted by molar-refractivity contribution is 0.0200. The summed E-state index contributed by atoms with van der Waals surface area (Å²) < 4.78 is 1.65. The Bertz CT molecular complexity index is 690. The molecule has 1 saturated carbocycles. The highest BCUT2D eigenvalue weighted by Gasteiger charge is 2.47. The van der Waals surface area contributed by atoms with Gasteiger partial charge in [-0.2, -0.15) is 5.10 Å². The topological polar surface area (TPSA) is 98.4 Å². The number of nitrogens with two attached hydrogens (primary N) is 2. The standard InChI is InChI=1S/C15H21N5O/c1-15(2)9(7-16)5-13(15)19-14(21)11-8-18-20-4-3-10(17)6-12(11)20/h3-4,6,8-9,13H,5,7,16-17H2,1-2H3,(H,19,21). The molecule has 2 aromatic heterocycles. The molecule has 6 heteroatoms. The third-order valence-corrected chi connectivity index (χ3v) is 4.85. The van der Waals surface area contributed by atoms with Crippen LogP contribution in [0.3, 0.4) is 0 Å². The summed E-state index contributed by atoms with van der Waals surface area (Å²) in [6.45, 7) is 4.95. The Kier molecular flexibility index (Phi) is 3.13. The fourth-order valence-electron chi connectivity index (χ4n) is 3.07. The third kappa shape index (κ3) is 2.15. The second-order valence-electron chi connectivity index (χ2n) is 6.36. The van der Waals surface area contributed by atoms with E-state index in [1.165, 1.54) is 0 Å². The zero-order chi connectivity index (χ0) is 15.2. The van der Waals surface area contributed by atoms with Crippen LogP contribution in [0.1, 0.15) is 30.6 Å². The molecule has 2 heterocycles. The molecule has 3 rings (SSSR count). The number of nitrogens with one attached hydrogen (secondary N) is 1. The monoisotopic (exact) mass is 287 g/mol. The molecule has 0 saturated heterocycles. The molecule has 2 atom stereocenters. The number of nitrogens with zero attached hydrogens (tertiary/aromatic N) is 2. The summed E-state index contributed by atoms with van der Waals surface area (Å²) in [6, 6.07) is 3.66. The molecule has 1 fully saturated rings. The van der Waals surface area contributed by atoms with Crippen LogP contribution in [0.25, 0.3) is 5.52 Å². The maximum absolute atomic E-state index is 12.5. The first-order valence-electron chi connectivity index (χ1n) is 7.17. The number of carbonyl (C=O) groups is 1. The minimum absolute atomic E-state index is 0.0341. The van der Waals surface area contributed by atoms with Crippen LogP contribution >= 0.6 is 0 Å². The van der Waals surface area contributed by atoms with Gasteiger partial charge in [0.2, 0.25) is 0 Å². The van der Waals surface area contributed by atoms with Gasteiger partial charge in [0, 0.05) is 17.9 Å². The summed E-state index contributed by atoms with van der Waals surface area (Å²) in [4.78, 5) is 12.5. The number of hydrogen-bond donors (Lipinski definition) is 3. The molecule has 2 aromatic rings. The summed E-state index contributed by atoms with van der Waals surface area (Å²) in [7, 11) is 0. The molecule has 0 aliphatic heterocycles. The van der Waals surface area contributed by atoms with Crippen molar-refractivity contribution in [3.63, 3.8) is 0 Å². The number of amides is 1. The smallest absolute Gasteiger partial charge is 0.255 e. The second-order valence-corrected chi connectivity index (χ2v) is 6.36. The number of fused-ring (bicyclic) bond motifs is 1. The molecule has 1 aliphatic rings. The highest BCUT2D eigenvalue weighted by atomic mass is 16.1. The average molecular weight is 287 g/mol. The predicted molar refractivity (Wildman–Crippen MR) is 81.8 cm³/mol. The van der Waals surface area contributed by atoms with E-state index in [-0.39, 0.29) is 17.4 Å². The SMILES string of the molecule is CC1(C)C(CN)CC1NC(=O)c1cnn2ccc(N)cc12. The zero-order valence-corrected chi connectivity index (χ0v) is 12.3. The molecule has 0 bridgehead atoms. The van der Waals surface area contributed by atoms with Gasteiger partial charge >= 0.3 is 0 Å². The molecule has 0 radical (unpaired) electrons. The summed E-state index contributed by atoms with van der Waals surface area (Å²) >= 11 is 0. The van der Waals surface area contributed by atoms with E-state index < -0.39 is 0 Å². The Morgan fingerprint density at radius 1 is 1.57 bits per heavy atom. The first kappa shape index (κ1) is 13.9. The van der Waals surface area contributed by atoms with Crippen molar-refractivity contribution in [3.05, 3.63) is 30.1 Å². The van der Waals surface area contributed by atoms with Crippen LogP contribution in [-0.2, 0) is 0 Å². The Morgan fingerprint density at radius 2 is 2.33 bits per heavy atom. The van der Waals surface area contributed by atoms with E-state index in [0.717, 1.165) is 11.9 Å². The minimum Gasteiger partial charge on any atom is -0.399 e. The molecular weight excluding hydrogens is 266 g/mol. The van der Waals surface area contributed by atoms with Crippen LogP contribution in [0.5, 0.6) is 0 Å². The molecular formula is C15H21N5O. The van der Waals surface area contributed by atoms with Crippen LogP contribution in [0.4, 0.5) is 5.69 Å². The van der Waals surface area contributed by atoms with E-state index in [1.54, 1.807) is 29.0 Å². The van der Waals surface area contributed by atoms with E-state index >= 15 is 0 Å². The van der Waals surface area contributed by atoms with Gasteiger partial charge in [-0.3, -0.25) is 4.79 Å². The van der Waals surface area contributed by atoms with Gasteiger partial charge in [-0.1, -0.05) is 13.8 Å². The maximum Gasteiger partial charge on any atom is 0.255 e. The van der Waals surface area contributed by atoms with E-state index in [9.17, 15) is 4.79 Å². The number of carbonyl (C=O) groups excluding carboxylic acids is 1. The van der Waals surface area contributed by atoms with Crippen LogP contribution < -0.4 is 16.8 Å². The number of anilines is 1. The maximum atomic E-state index is 12.5. The normalized spacial score (nSPS) is 23.8. The fourth-order valence-corrected chi connectivity index (χ4v) is 3.07. The van der Waals surface area contributed by atoms with Crippen LogP contribution in [0.2, 0.25) is 0 Å². The van der Waals surface area contributed by atoms with Crippen molar-refractivity contribution in [1.82, 2.24) is 14.9 Å². The number of pyridine rings is 1. The average Bonchev–Trinajstić information content (AvgIpc) is 2.85. The quantitative estimate of drug-likeness (QED) is 0.785. The first-order valence-corrected chi connectivity index (χ1v) is 7.17. The van der Waals surface area contributed by atoms with Gasteiger partial charge in [-0.05, 0) is 36.4 Å². The third-order valence-electron chi connectivity index (χ3n) is 4.85. The number of rotatable bonds is 3. The van der Waals surface area contributed by atoms with Crippen molar-refractivity contribution < 1.29 is 4.79 Å². The highest BCUT2D eigenvalue weighted by Crippen LogP contribution is 2.45. The number of hydrogen-bond acceptors (Lipinski definition) is 4. The van der Waals surface area contributed by atoms with Gasteiger partial charge in [-0.15, -0.1) is 0 Å². The Balaban J connectivity index is 1.81. The van der Waals surface area contributed by atoms with Gasteiger partial charge in [0.1, 0.15) is 0 Å². The molecule has 112 valence electrons. The van der Waals surface area contributed by atoms with E-state index in [4.69, 9.17) is 11.5 Å². The van der Waals surface area contributed by atoms with Gasteiger partial charge in [-0.25, -0.2) is 4.52 Å². The Labute approximate surface area is 123 Å². The molecule has 0 spiro atoms. The Hall–Kier alpha value is -2.08. The highest BCUT2D eigenvalue weighted by molar-refractivity contribution is 6.01. The van der Waals surface area contributed by atoms with Crippen molar-refractivity contribution in [2.24, 2.45) is 17.1 Å². The van der Waals surface area contributed by atoms with Gasteiger partial charge in [0.15, 0.2) is 0 Å². The lowest BCUT2D eigenvalue weighted by Gasteiger charge is -2.52. The van der Waals surface area contributed by atoms with Crippen LogP contribution in [-0.4, -0.2) is 28.1 Å². The van der Waals surface area contributed by atoms with Crippen molar-refractivity contribution in [2.75, 3.05) is 12.3 Å². The lowest BCUT2D eigenvalue weighted by atomic mass is 9.58. The molecule has 0 aromatic carbocycles. The predicted octanol–water partition coefficient (Wildman–Crippen LogP) is 1.02. The summed E-state index contributed by atoms with van der Waals surface area (Å²) in [5.74, 6) is 0.353. The van der Waals surface area contributed by atoms with Crippen molar-refractivity contribution >= 4 is 17.1 Å². The van der Waals surface area contributed by atoms with Crippen LogP contribution in [0, 0.1) is 11.3 Å². The molecule has 1 aliphatic carbocycles. The van der Waals surface area contributed by atoms with Crippen molar-refractivity contribution in [2.45, 2.75) is 26.3 Å². The first-order chi connectivity index (χ1) is 9.93. The number of aromatic nitrogens is 2. The molecule has 2 unspecified atom stereocenters. The van der Waals surface area contributed by atoms with E-state index in [0.29, 0.717) is 23.7 Å². The lowest BCUT2D eigenvalue weighted by Crippen LogP contribution is -2.60. The van der Waals surface area contributed by atoms with E-state index in [1.807, 2.05) is 0 Å². The fraction of sp³-hybridized carbons (Fsp3) is 0.467. The summed E-state index contributed by atoms with van der Waals surface area (Å²) in [5.41, 5.74) is 13.5. The van der Waals surface area contributed by atoms with Crippen LogP contribution in [0.15, 0.2) is 24.5 Å². The molecule has 6 nitrogen and oxygen atoms in total. The summed E-state index contributed by atoms with van der Waals surface area (Å²) in [6.07, 6.45) is 4.26. The summed E-state index contributed by atoms with van der Waals surface area (Å²) in [5, 5.41) is 7.28. The van der Waals surface area contributed by atoms with Gasteiger partial charge in [0.05, 0.1) is 17.3 Å². The number of nitrogen functional groups attached to an aromatic ring is 1. The molecule has 21 heavy (non-hydrogen) atoms. The Morgan fingerprint density at radius 3 is 3.00 bits per heavy atom. The zero-order valence-electron chi connectivity index (χ0n) is 12.3. The van der Waals surface area contributed by atoms with Crippen molar-refractivity contribution in [3.8, 4) is 0 Å². The second kappa shape index (κ2) is 4.73. The van der Waals surface area contributed by atoms with Gasteiger partial charge in [0.25, 0.3) is 5.91 Å². The van der Waals surface area contributed by atoms with Gasteiger partial charge < -0.3 is 16.8 Å². The molecule has 1 amide bonds. The molecule has 5 N–H and O–H groups in total. The van der Waals surface area contributed by atoms with E-state index in [2.05, 4.69) is 24.3 Å². The minimum atomic E-state index is -0.107.